The molecule has 1 aromatic carbocycles. The van der Waals surface area contributed by atoms with Crippen molar-refractivity contribution in [2.75, 3.05) is 6.61 Å². The molecule has 2 heterocycles. The molecule has 19 heavy (non-hydrogen) atoms. The Morgan fingerprint density at radius 2 is 2.16 bits per heavy atom. The molecule has 0 saturated carbocycles. The van der Waals surface area contributed by atoms with Crippen LogP contribution >= 0.6 is 15.9 Å². The second kappa shape index (κ2) is 5.59. The van der Waals surface area contributed by atoms with Crippen LogP contribution in [0, 0.1) is 5.92 Å². The van der Waals surface area contributed by atoms with E-state index in [9.17, 15) is 0 Å². The van der Waals surface area contributed by atoms with Crippen LogP contribution in [-0.4, -0.2) is 22.5 Å². The van der Waals surface area contributed by atoms with Crippen LogP contribution in [0.4, 0.5) is 0 Å². The smallest absolute Gasteiger partial charge is 0.0705 e. The molecule has 0 radical (unpaired) electrons. The summed E-state index contributed by atoms with van der Waals surface area (Å²) in [5, 5.41) is 1.20. The Morgan fingerprint density at radius 3 is 2.95 bits per heavy atom. The fourth-order valence-electron chi connectivity index (χ4n) is 2.80. The van der Waals surface area contributed by atoms with Crippen molar-refractivity contribution in [2.24, 2.45) is 5.92 Å². The van der Waals surface area contributed by atoms with Crippen LogP contribution < -0.4 is 0 Å². The first kappa shape index (κ1) is 13.1. The van der Waals surface area contributed by atoms with E-state index in [0.717, 1.165) is 30.7 Å². The lowest BCUT2D eigenvalue weighted by molar-refractivity contribution is 0.105. The Labute approximate surface area is 122 Å². The average Bonchev–Trinajstić information content (AvgIpc) is 2.85. The van der Waals surface area contributed by atoms with Gasteiger partial charge in [0.1, 0.15) is 0 Å². The third-order valence-electron chi connectivity index (χ3n) is 3.96. The minimum Gasteiger partial charge on any atom is -0.378 e. The van der Waals surface area contributed by atoms with Gasteiger partial charge < -0.3 is 4.74 Å². The Balaban J connectivity index is 1.77. The summed E-state index contributed by atoms with van der Waals surface area (Å²) in [6, 6.07) is 12.6. The van der Waals surface area contributed by atoms with Crippen LogP contribution in [0.3, 0.4) is 0 Å². The van der Waals surface area contributed by atoms with E-state index in [1.165, 1.54) is 5.39 Å². The molecule has 2 nitrogen and oxygen atoms in total. The molecular formula is C16H18BrNO. The monoisotopic (exact) mass is 319 g/mol. The van der Waals surface area contributed by atoms with E-state index in [2.05, 4.69) is 53.2 Å². The van der Waals surface area contributed by atoms with E-state index in [0.29, 0.717) is 16.8 Å². The van der Waals surface area contributed by atoms with E-state index in [1.54, 1.807) is 0 Å². The Bertz CT molecular complexity index is 571. The topological polar surface area (TPSA) is 22.1 Å². The zero-order chi connectivity index (χ0) is 13.2. The molecular weight excluding hydrogens is 302 g/mol. The first-order valence-corrected chi connectivity index (χ1v) is 7.76. The van der Waals surface area contributed by atoms with Crippen LogP contribution in [0.15, 0.2) is 36.4 Å². The number of aromatic nitrogens is 1. The van der Waals surface area contributed by atoms with E-state index < -0.39 is 0 Å². The molecule has 0 amide bonds. The first-order valence-electron chi connectivity index (χ1n) is 6.84. The van der Waals surface area contributed by atoms with Gasteiger partial charge in [-0.25, -0.2) is 0 Å². The number of nitrogens with zero attached hydrogens (tertiary/aromatic N) is 1. The van der Waals surface area contributed by atoms with Crippen LogP contribution in [0.5, 0.6) is 0 Å². The SMILES string of the molecule is CC1OCCC1C(Br)Cc1ccc2ccccc2n1. The molecule has 0 N–H and O–H groups in total. The van der Waals surface area contributed by atoms with Gasteiger partial charge in [0.25, 0.3) is 0 Å². The van der Waals surface area contributed by atoms with Crippen molar-refractivity contribution in [1.82, 2.24) is 4.98 Å². The zero-order valence-electron chi connectivity index (χ0n) is 11.1. The molecule has 0 aliphatic carbocycles. The fraction of sp³-hybridized carbons (Fsp3) is 0.438. The summed E-state index contributed by atoms with van der Waals surface area (Å²) in [5.41, 5.74) is 2.23. The second-order valence-electron chi connectivity index (χ2n) is 5.24. The molecule has 2 aromatic rings. The Kier molecular flexibility index (Phi) is 3.85. The highest BCUT2D eigenvalue weighted by molar-refractivity contribution is 9.09. The highest BCUT2D eigenvalue weighted by Gasteiger charge is 2.30. The normalized spacial score (nSPS) is 24.7. The minimum atomic E-state index is 0.352. The third-order valence-corrected chi connectivity index (χ3v) is 4.96. The highest BCUT2D eigenvalue weighted by atomic mass is 79.9. The molecule has 3 heteroatoms. The number of benzene rings is 1. The van der Waals surface area contributed by atoms with Crippen molar-refractivity contribution in [3.8, 4) is 0 Å². The van der Waals surface area contributed by atoms with Crippen LogP contribution in [0.25, 0.3) is 10.9 Å². The van der Waals surface area contributed by atoms with Crippen molar-refractivity contribution in [1.29, 1.82) is 0 Å². The van der Waals surface area contributed by atoms with Crippen LogP contribution in [-0.2, 0) is 11.2 Å². The Morgan fingerprint density at radius 1 is 1.32 bits per heavy atom. The summed E-state index contributed by atoms with van der Waals surface area (Å²) in [4.78, 5) is 5.18. The number of alkyl halides is 1. The maximum absolute atomic E-state index is 5.64. The molecule has 1 saturated heterocycles. The summed E-state index contributed by atoms with van der Waals surface area (Å²) in [5.74, 6) is 0.591. The number of pyridine rings is 1. The van der Waals surface area contributed by atoms with E-state index in [-0.39, 0.29) is 0 Å². The molecule has 1 aliphatic rings. The molecule has 1 aromatic heterocycles. The number of fused-ring (bicyclic) bond motifs is 1. The van der Waals surface area contributed by atoms with Gasteiger partial charge in [-0.2, -0.15) is 0 Å². The molecule has 3 unspecified atom stereocenters. The summed E-state index contributed by atoms with van der Waals surface area (Å²) >= 11 is 3.83. The van der Waals surface area contributed by atoms with Gasteiger partial charge in [0, 0.05) is 28.9 Å². The lowest BCUT2D eigenvalue weighted by atomic mass is 9.95. The number of halogens is 1. The fourth-order valence-corrected chi connectivity index (χ4v) is 3.82. The number of para-hydroxylation sites is 1. The molecule has 100 valence electrons. The molecule has 1 fully saturated rings. The summed E-state index contributed by atoms with van der Waals surface area (Å²) < 4.78 is 5.64. The Hall–Kier alpha value is -0.930. The maximum Gasteiger partial charge on any atom is 0.0705 e. The van der Waals surface area contributed by atoms with E-state index >= 15 is 0 Å². The molecule has 3 rings (SSSR count). The van der Waals surface area contributed by atoms with Crippen molar-refractivity contribution in [2.45, 2.75) is 30.7 Å². The van der Waals surface area contributed by atoms with Gasteiger partial charge in [-0.1, -0.05) is 40.2 Å². The molecule has 1 aliphatic heterocycles. The summed E-state index contributed by atoms with van der Waals surface area (Å²) in [6.45, 7) is 3.05. The number of rotatable bonds is 3. The van der Waals surface area contributed by atoms with Crippen molar-refractivity contribution >= 4 is 26.8 Å². The second-order valence-corrected chi connectivity index (χ2v) is 6.42. The first-order chi connectivity index (χ1) is 9.24. The van der Waals surface area contributed by atoms with Crippen molar-refractivity contribution in [3.05, 3.63) is 42.1 Å². The number of hydrogen-bond donors (Lipinski definition) is 0. The predicted molar refractivity (Wildman–Crippen MR) is 81.7 cm³/mol. The van der Waals surface area contributed by atoms with Gasteiger partial charge >= 0.3 is 0 Å². The molecule has 3 atom stereocenters. The lowest BCUT2D eigenvalue weighted by Gasteiger charge is -2.20. The standard InChI is InChI=1S/C16H18BrNO/c1-11-14(8-9-19-11)15(17)10-13-7-6-12-4-2-3-5-16(12)18-13/h2-7,11,14-15H,8-10H2,1H3. The van der Waals surface area contributed by atoms with Gasteiger partial charge in [-0.15, -0.1) is 0 Å². The third kappa shape index (κ3) is 2.82. The zero-order valence-corrected chi connectivity index (χ0v) is 12.6. The van der Waals surface area contributed by atoms with Crippen molar-refractivity contribution < 1.29 is 4.74 Å². The van der Waals surface area contributed by atoms with Gasteiger partial charge in [0.2, 0.25) is 0 Å². The van der Waals surface area contributed by atoms with Crippen LogP contribution in [0.2, 0.25) is 0 Å². The number of ether oxygens (including phenoxy) is 1. The van der Waals surface area contributed by atoms with E-state index in [4.69, 9.17) is 9.72 Å². The largest absolute Gasteiger partial charge is 0.378 e. The van der Waals surface area contributed by atoms with Gasteiger partial charge in [-0.05, 0) is 31.4 Å². The van der Waals surface area contributed by atoms with Gasteiger partial charge in [-0.3, -0.25) is 4.98 Å². The van der Waals surface area contributed by atoms with E-state index in [1.807, 2.05) is 6.07 Å². The summed E-state index contributed by atoms with van der Waals surface area (Å²) in [6.07, 6.45) is 2.46. The van der Waals surface area contributed by atoms with Gasteiger partial charge in [0.05, 0.1) is 11.6 Å². The summed E-state index contributed by atoms with van der Waals surface area (Å²) in [7, 11) is 0. The minimum absolute atomic E-state index is 0.352. The predicted octanol–water partition coefficient (Wildman–Crippen LogP) is 3.97. The van der Waals surface area contributed by atoms with Crippen LogP contribution in [0.1, 0.15) is 19.0 Å². The maximum atomic E-state index is 5.64. The molecule has 0 spiro atoms. The number of hydrogen-bond acceptors (Lipinski definition) is 2. The van der Waals surface area contributed by atoms with Crippen molar-refractivity contribution in [3.63, 3.8) is 0 Å². The van der Waals surface area contributed by atoms with Gasteiger partial charge in [0.15, 0.2) is 0 Å². The molecule has 0 bridgehead atoms. The lowest BCUT2D eigenvalue weighted by Crippen LogP contribution is -2.23. The average molecular weight is 320 g/mol. The quantitative estimate of drug-likeness (QED) is 0.799. The highest BCUT2D eigenvalue weighted by Crippen LogP contribution is 2.30.